The lowest BCUT2D eigenvalue weighted by molar-refractivity contribution is 1.08. The zero-order valence-corrected chi connectivity index (χ0v) is 21.6. The fourth-order valence-electron chi connectivity index (χ4n) is 4.99. The molecule has 0 fully saturated rings. The Labute approximate surface area is 232 Å². The Hall–Kier alpha value is -5.48. The third-order valence-electron chi connectivity index (χ3n) is 7.03. The van der Waals surface area contributed by atoms with Gasteiger partial charge in [0.2, 0.25) is 0 Å². The molecule has 0 unspecified atom stereocenters. The Morgan fingerprint density at radius 1 is 0.350 bits per heavy atom. The quantitative estimate of drug-likeness (QED) is 0.231. The minimum absolute atomic E-state index is 0.652. The van der Waals surface area contributed by atoms with Crippen molar-refractivity contribution >= 4 is 10.8 Å². The molecule has 0 amide bonds. The van der Waals surface area contributed by atoms with Crippen molar-refractivity contribution in [2.45, 2.75) is 0 Å². The van der Waals surface area contributed by atoms with E-state index in [9.17, 15) is 0 Å². The SMILES string of the molecule is c1ccc(-c2nc(-c3ccccc3)nc(-c3cc(-c4ccc(-c5ccncc5)cc4)cc4ccccc34)n2)cc1. The van der Waals surface area contributed by atoms with Crippen molar-refractivity contribution in [3.05, 3.63) is 146 Å². The standard InChI is InChI=1S/C36H24N4/c1-3-9-28(10-4-1)34-38-35(29-11-5-2-6-12-29)40-36(39-34)33-24-31(23-30-13-7-8-14-32(30)33)26-17-15-25(16-18-26)27-19-21-37-22-20-27/h1-24H. The lowest BCUT2D eigenvalue weighted by Crippen LogP contribution is -2.00. The van der Waals surface area contributed by atoms with E-state index in [0.29, 0.717) is 17.5 Å². The summed E-state index contributed by atoms with van der Waals surface area (Å²) in [5, 5.41) is 2.24. The maximum Gasteiger partial charge on any atom is 0.164 e. The third-order valence-corrected chi connectivity index (χ3v) is 7.03. The first-order valence-electron chi connectivity index (χ1n) is 13.2. The van der Waals surface area contributed by atoms with Crippen LogP contribution in [0.25, 0.3) is 67.2 Å². The molecule has 0 N–H and O–H groups in total. The smallest absolute Gasteiger partial charge is 0.164 e. The molecule has 40 heavy (non-hydrogen) atoms. The molecule has 0 atom stereocenters. The van der Waals surface area contributed by atoms with Gasteiger partial charge in [-0.05, 0) is 57.3 Å². The summed E-state index contributed by atoms with van der Waals surface area (Å²) in [7, 11) is 0. The molecule has 188 valence electrons. The summed E-state index contributed by atoms with van der Waals surface area (Å²) in [5.41, 5.74) is 7.43. The number of hydrogen-bond acceptors (Lipinski definition) is 4. The summed E-state index contributed by atoms with van der Waals surface area (Å²) < 4.78 is 0. The van der Waals surface area contributed by atoms with Crippen LogP contribution in [0.5, 0.6) is 0 Å². The van der Waals surface area contributed by atoms with E-state index in [-0.39, 0.29) is 0 Å². The second-order valence-corrected chi connectivity index (χ2v) is 9.60. The molecular weight excluding hydrogens is 488 g/mol. The maximum absolute atomic E-state index is 5.01. The van der Waals surface area contributed by atoms with Gasteiger partial charge in [0, 0.05) is 29.1 Å². The van der Waals surface area contributed by atoms with Crippen LogP contribution in [0, 0.1) is 0 Å². The van der Waals surface area contributed by atoms with Crippen molar-refractivity contribution in [3.8, 4) is 56.4 Å². The van der Waals surface area contributed by atoms with Crippen LogP contribution in [0.15, 0.2) is 146 Å². The van der Waals surface area contributed by atoms with Crippen LogP contribution in [-0.4, -0.2) is 19.9 Å². The topological polar surface area (TPSA) is 51.6 Å². The summed E-state index contributed by atoms with van der Waals surface area (Å²) >= 11 is 0. The van der Waals surface area contributed by atoms with E-state index in [1.54, 1.807) is 0 Å². The van der Waals surface area contributed by atoms with Gasteiger partial charge in [-0.25, -0.2) is 15.0 Å². The fourth-order valence-corrected chi connectivity index (χ4v) is 4.99. The van der Waals surface area contributed by atoms with Crippen molar-refractivity contribution in [3.63, 3.8) is 0 Å². The molecule has 0 aliphatic rings. The van der Waals surface area contributed by atoms with Gasteiger partial charge in [-0.15, -0.1) is 0 Å². The van der Waals surface area contributed by atoms with E-state index in [2.05, 4.69) is 65.6 Å². The molecule has 4 nitrogen and oxygen atoms in total. The van der Waals surface area contributed by atoms with Crippen molar-refractivity contribution in [2.75, 3.05) is 0 Å². The molecule has 0 aliphatic heterocycles. The molecule has 0 radical (unpaired) electrons. The van der Waals surface area contributed by atoms with Gasteiger partial charge in [0.15, 0.2) is 17.5 Å². The summed E-state index contributed by atoms with van der Waals surface area (Å²) in [4.78, 5) is 19.0. The second kappa shape index (κ2) is 10.4. The molecule has 0 aliphatic carbocycles. The zero-order valence-electron chi connectivity index (χ0n) is 21.6. The van der Waals surface area contributed by atoms with Crippen LogP contribution in [0.1, 0.15) is 0 Å². The average molecular weight is 513 g/mol. The summed E-state index contributed by atoms with van der Waals surface area (Å²) in [6.07, 6.45) is 3.64. The first-order valence-corrected chi connectivity index (χ1v) is 13.2. The number of benzene rings is 5. The van der Waals surface area contributed by atoms with Crippen LogP contribution in [0.2, 0.25) is 0 Å². The van der Waals surface area contributed by atoms with Gasteiger partial charge in [0.25, 0.3) is 0 Å². The minimum atomic E-state index is 0.652. The molecule has 0 saturated carbocycles. The maximum atomic E-state index is 5.01. The normalized spacial score (nSPS) is 11.0. The molecule has 5 aromatic carbocycles. The van der Waals surface area contributed by atoms with E-state index >= 15 is 0 Å². The van der Waals surface area contributed by atoms with Crippen molar-refractivity contribution < 1.29 is 0 Å². The Balaban J connectivity index is 1.41. The van der Waals surface area contributed by atoms with Gasteiger partial charge in [-0.3, -0.25) is 4.98 Å². The van der Waals surface area contributed by atoms with Gasteiger partial charge in [-0.2, -0.15) is 0 Å². The molecule has 2 aromatic heterocycles. The van der Waals surface area contributed by atoms with Gasteiger partial charge >= 0.3 is 0 Å². The monoisotopic (exact) mass is 512 g/mol. The number of aromatic nitrogens is 4. The third kappa shape index (κ3) is 4.63. The molecule has 4 heteroatoms. The highest BCUT2D eigenvalue weighted by molar-refractivity contribution is 5.99. The molecule has 0 spiro atoms. The first kappa shape index (κ1) is 23.6. The van der Waals surface area contributed by atoms with E-state index in [0.717, 1.165) is 49.7 Å². The predicted octanol–water partition coefficient (Wildman–Crippen LogP) is 8.75. The average Bonchev–Trinajstić information content (AvgIpc) is 3.05. The lowest BCUT2D eigenvalue weighted by Gasteiger charge is -2.13. The van der Waals surface area contributed by atoms with Crippen LogP contribution in [-0.2, 0) is 0 Å². The van der Waals surface area contributed by atoms with E-state index in [1.165, 1.54) is 0 Å². The van der Waals surface area contributed by atoms with Crippen molar-refractivity contribution in [1.29, 1.82) is 0 Å². The molecule has 2 heterocycles. The fraction of sp³-hybridized carbons (Fsp3) is 0. The molecule has 7 aromatic rings. The number of pyridine rings is 1. The van der Waals surface area contributed by atoms with Gasteiger partial charge < -0.3 is 0 Å². The number of nitrogens with zero attached hydrogens (tertiary/aromatic N) is 4. The number of fused-ring (bicyclic) bond motifs is 1. The van der Waals surface area contributed by atoms with E-state index in [1.807, 2.05) is 85.2 Å². The zero-order chi connectivity index (χ0) is 26.7. The van der Waals surface area contributed by atoms with Crippen molar-refractivity contribution in [2.24, 2.45) is 0 Å². The van der Waals surface area contributed by atoms with Crippen molar-refractivity contribution in [1.82, 2.24) is 19.9 Å². The Bertz CT molecular complexity index is 1860. The van der Waals surface area contributed by atoms with E-state index < -0.39 is 0 Å². The van der Waals surface area contributed by atoms with Crippen LogP contribution in [0.3, 0.4) is 0 Å². The Morgan fingerprint density at radius 2 is 0.850 bits per heavy atom. The van der Waals surface area contributed by atoms with E-state index in [4.69, 9.17) is 15.0 Å². The Kier molecular flexibility index (Phi) is 6.11. The molecule has 0 saturated heterocycles. The summed E-state index contributed by atoms with van der Waals surface area (Å²) in [6.45, 7) is 0. The number of hydrogen-bond donors (Lipinski definition) is 0. The highest BCUT2D eigenvalue weighted by atomic mass is 15.0. The van der Waals surface area contributed by atoms with Gasteiger partial charge in [0.05, 0.1) is 0 Å². The van der Waals surface area contributed by atoms with Crippen LogP contribution >= 0.6 is 0 Å². The second-order valence-electron chi connectivity index (χ2n) is 9.60. The number of rotatable bonds is 5. The van der Waals surface area contributed by atoms with Gasteiger partial charge in [0.1, 0.15) is 0 Å². The predicted molar refractivity (Wildman–Crippen MR) is 162 cm³/mol. The van der Waals surface area contributed by atoms with Crippen LogP contribution < -0.4 is 0 Å². The highest BCUT2D eigenvalue weighted by Crippen LogP contribution is 2.35. The molecular formula is C36H24N4. The first-order chi connectivity index (χ1) is 19.8. The van der Waals surface area contributed by atoms with Gasteiger partial charge in [-0.1, -0.05) is 109 Å². The highest BCUT2D eigenvalue weighted by Gasteiger charge is 2.15. The molecule has 0 bridgehead atoms. The summed E-state index contributed by atoms with van der Waals surface area (Å²) in [6, 6.07) is 45.7. The molecule has 7 rings (SSSR count). The Morgan fingerprint density at radius 3 is 1.48 bits per heavy atom. The minimum Gasteiger partial charge on any atom is -0.265 e. The van der Waals surface area contributed by atoms with Crippen LogP contribution in [0.4, 0.5) is 0 Å². The lowest BCUT2D eigenvalue weighted by atomic mass is 9.95. The largest absolute Gasteiger partial charge is 0.265 e. The summed E-state index contributed by atoms with van der Waals surface area (Å²) in [5.74, 6) is 1.96.